The van der Waals surface area contributed by atoms with Crippen LogP contribution in [0.25, 0.3) is 0 Å². The fourth-order valence-electron chi connectivity index (χ4n) is 3.10. The van der Waals surface area contributed by atoms with E-state index in [-0.39, 0.29) is 12.1 Å². The molecule has 3 heterocycles. The first-order valence-corrected chi connectivity index (χ1v) is 9.49. The molecule has 1 saturated heterocycles. The highest BCUT2D eigenvalue weighted by molar-refractivity contribution is 5.89. The minimum atomic E-state index is -0.206. The van der Waals surface area contributed by atoms with E-state index >= 15 is 0 Å². The first kappa shape index (κ1) is 20.0. The third-order valence-corrected chi connectivity index (χ3v) is 4.61. The number of nitrogens with one attached hydrogen (secondary N) is 2. The summed E-state index contributed by atoms with van der Waals surface area (Å²) in [7, 11) is 1.62. The van der Waals surface area contributed by atoms with E-state index in [2.05, 4.69) is 25.5 Å². The number of aromatic nitrogens is 2. The standard InChI is InChI=1S/C20H27N5O3/c1-27-12-13-28-19-3-2-18(14-22-19)24-20(26)23-17-6-10-25(11-7-17)15-16-4-8-21-9-5-16/h2-5,8-9,14,17H,6-7,10-13,15H2,1H3,(H2,23,24,26). The summed E-state index contributed by atoms with van der Waals surface area (Å²) >= 11 is 0. The highest BCUT2D eigenvalue weighted by Crippen LogP contribution is 2.15. The van der Waals surface area contributed by atoms with E-state index in [1.165, 1.54) is 5.56 Å². The predicted octanol–water partition coefficient (Wildman–Crippen LogP) is 2.29. The number of piperidine rings is 1. The van der Waals surface area contributed by atoms with Crippen LogP contribution < -0.4 is 15.4 Å². The molecule has 0 radical (unpaired) electrons. The Morgan fingerprint density at radius 1 is 1.18 bits per heavy atom. The van der Waals surface area contributed by atoms with Crippen molar-refractivity contribution in [3.8, 4) is 5.88 Å². The van der Waals surface area contributed by atoms with E-state index in [1.807, 2.05) is 24.5 Å². The molecule has 1 fully saturated rings. The van der Waals surface area contributed by atoms with E-state index in [0.717, 1.165) is 32.5 Å². The van der Waals surface area contributed by atoms with E-state index in [1.54, 1.807) is 25.4 Å². The Morgan fingerprint density at radius 3 is 2.64 bits per heavy atom. The van der Waals surface area contributed by atoms with Crippen LogP contribution in [0.4, 0.5) is 10.5 Å². The number of nitrogens with zero attached hydrogens (tertiary/aromatic N) is 3. The van der Waals surface area contributed by atoms with Crippen molar-refractivity contribution < 1.29 is 14.3 Å². The number of hydrogen-bond donors (Lipinski definition) is 2. The van der Waals surface area contributed by atoms with Gasteiger partial charge in [0.15, 0.2) is 0 Å². The Kier molecular flexibility index (Phi) is 7.57. The summed E-state index contributed by atoms with van der Waals surface area (Å²) in [5, 5.41) is 5.87. The second-order valence-corrected chi connectivity index (χ2v) is 6.73. The number of hydrogen-bond acceptors (Lipinski definition) is 6. The molecular formula is C20H27N5O3. The summed E-state index contributed by atoms with van der Waals surface area (Å²) in [6.45, 7) is 3.79. The maximum atomic E-state index is 12.2. The fourth-order valence-corrected chi connectivity index (χ4v) is 3.10. The Balaban J connectivity index is 1.37. The molecule has 2 aromatic rings. The number of amides is 2. The highest BCUT2D eigenvalue weighted by Gasteiger charge is 2.20. The van der Waals surface area contributed by atoms with Gasteiger partial charge in [0, 0.05) is 51.2 Å². The van der Waals surface area contributed by atoms with E-state index in [4.69, 9.17) is 9.47 Å². The molecule has 28 heavy (non-hydrogen) atoms. The molecule has 0 unspecified atom stereocenters. The van der Waals surface area contributed by atoms with Gasteiger partial charge in [-0.2, -0.15) is 0 Å². The fraction of sp³-hybridized carbons (Fsp3) is 0.450. The minimum absolute atomic E-state index is 0.179. The number of methoxy groups -OCH3 is 1. The normalized spacial score (nSPS) is 15.2. The van der Waals surface area contributed by atoms with Crippen LogP contribution in [0.3, 0.4) is 0 Å². The summed E-state index contributed by atoms with van der Waals surface area (Å²) in [4.78, 5) is 22.8. The van der Waals surface area contributed by atoms with Gasteiger partial charge in [-0.15, -0.1) is 0 Å². The van der Waals surface area contributed by atoms with Crippen LogP contribution in [0.2, 0.25) is 0 Å². The van der Waals surface area contributed by atoms with Crippen molar-refractivity contribution in [2.75, 3.05) is 38.7 Å². The molecule has 1 aliphatic rings. The lowest BCUT2D eigenvalue weighted by Gasteiger charge is -2.32. The van der Waals surface area contributed by atoms with E-state index < -0.39 is 0 Å². The Bertz CT molecular complexity index is 718. The van der Waals surface area contributed by atoms with Crippen LogP contribution in [0.1, 0.15) is 18.4 Å². The first-order valence-electron chi connectivity index (χ1n) is 9.49. The van der Waals surface area contributed by atoms with Crippen molar-refractivity contribution in [2.45, 2.75) is 25.4 Å². The van der Waals surface area contributed by atoms with E-state index in [0.29, 0.717) is 24.8 Å². The maximum absolute atomic E-state index is 12.2. The van der Waals surface area contributed by atoms with Crippen molar-refractivity contribution in [3.63, 3.8) is 0 Å². The molecule has 3 rings (SSSR count). The number of anilines is 1. The molecule has 8 heteroatoms. The Morgan fingerprint density at radius 2 is 1.96 bits per heavy atom. The molecule has 1 aliphatic heterocycles. The van der Waals surface area contributed by atoms with Crippen LogP contribution >= 0.6 is 0 Å². The van der Waals surface area contributed by atoms with Crippen molar-refractivity contribution in [2.24, 2.45) is 0 Å². The molecule has 0 saturated carbocycles. The van der Waals surface area contributed by atoms with Gasteiger partial charge in [0.1, 0.15) is 6.61 Å². The average Bonchev–Trinajstić information content (AvgIpc) is 2.72. The first-order chi connectivity index (χ1) is 13.7. The largest absolute Gasteiger partial charge is 0.475 e. The molecule has 150 valence electrons. The Labute approximate surface area is 165 Å². The molecule has 2 N–H and O–H groups in total. The van der Waals surface area contributed by atoms with Gasteiger partial charge in [0.2, 0.25) is 5.88 Å². The number of likely N-dealkylation sites (tertiary alicyclic amines) is 1. The second-order valence-electron chi connectivity index (χ2n) is 6.73. The molecule has 2 amide bonds. The highest BCUT2D eigenvalue weighted by atomic mass is 16.5. The summed E-state index contributed by atoms with van der Waals surface area (Å²) in [5.74, 6) is 0.504. The summed E-state index contributed by atoms with van der Waals surface area (Å²) in [6.07, 6.45) is 7.09. The molecule has 0 aliphatic carbocycles. The van der Waals surface area contributed by atoms with Gasteiger partial charge < -0.3 is 20.1 Å². The zero-order valence-electron chi connectivity index (χ0n) is 16.1. The molecule has 2 aromatic heterocycles. The van der Waals surface area contributed by atoms with Crippen LogP contribution in [0, 0.1) is 0 Å². The van der Waals surface area contributed by atoms with Crippen LogP contribution in [-0.4, -0.2) is 60.4 Å². The van der Waals surface area contributed by atoms with Crippen LogP contribution in [0.15, 0.2) is 42.9 Å². The van der Waals surface area contributed by atoms with Gasteiger partial charge in [0.05, 0.1) is 18.5 Å². The van der Waals surface area contributed by atoms with Crippen molar-refractivity contribution >= 4 is 11.7 Å². The summed E-state index contributed by atoms with van der Waals surface area (Å²) in [5.41, 5.74) is 1.90. The molecular weight excluding hydrogens is 358 g/mol. The lowest BCUT2D eigenvalue weighted by molar-refractivity contribution is 0.144. The summed E-state index contributed by atoms with van der Waals surface area (Å²) in [6, 6.07) is 7.55. The number of urea groups is 1. The number of ether oxygens (including phenoxy) is 2. The zero-order valence-corrected chi connectivity index (χ0v) is 16.1. The second kappa shape index (κ2) is 10.6. The zero-order chi connectivity index (χ0) is 19.6. The SMILES string of the molecule is COCCOc1ccc(NC(=O)NC2CCN(Cc3ccncc3)CC2)cn1. The maximum Gasteiger partial charge on any atom is 0.319 e. The quantitative estimate of drug-likeness (QED) is 0.678. The van der Waals surface area contributed by atoms with Crippen LogP contribution in [-0.2, 0) is 11.3 Å². The van der Waals surface area contributed by atoms with Crippen molar-refractivity contribution in [1.29, 1.82) is 0 Å². The van der Waals surface area contributed by atoms with Gasteiger partial charge in [0.25, 0.3) is 0 Å². The minimum Gasteiger partial charge on any atom is -0.475 e. The van der Waals surface area contributed by atoms with Gasteiger partial charge in [-0.1, -0.05) is 0 Å². The van der Waals surface area contributed by atoms with E-state index in [9.17, 15) is 4.79 Å². The third kappa shape index (κ3) is 6.47. The number of carbonyl (C=O) groups is 1. The summed E-state index contributed by atoms with van der Waals surface area (Å²) < 4.78 is 10.3. The van der Waals surface area contributed by atoms with Crippen molar-refractivity contribution in [3.05, 3.63) is 48.4 Å². The monoisotopic (exact) mass is 385 g/mol. The van der Waals surface area contributed by atoms with Crippen molar-refractivity contribution in [1.82, 2.24) is 20.2 Å². The van der Waals surface area contributed by atoms with Gasteiger partial charge in [-0.25, -0.2) is 9.78 Å². The average molecular weight is 385 g/mol. The topological polar surface area (TPSA) is 88.6 Å². The van der Waals surface area contributed by atoms with Gasteiger partial charge in [-0.3, -0.25) is 9.88 Å². The number of rotatable bonds is 8. The lowest BCUT2D eigenvalue weighted by Crippen LogP contribution is -2.45. The molecule has 0 spiro atoms. The lowest BCUT2D eigenvalue weighted by atomic mass is 10.0. The molecule has 8 nitrogen and oxygen atoms in total. The molecule has 0 atom stereocenters. The smallest absolute Gasteiger partial charge is 0.319 e. The van der Waals surface area contributed by atoms with Gasteiger partial charge in [-0.05, 0) is 36.6 Å². The Hall–Kier alpha value is -2.71. The predicted molar refractivity (Wildman–Crippen MR) is 106 cm³/mol. The van der Waals surface area contributed by atoms with Crippen LogP contribution in [0.5, 0.6) is 5.88 Å². The molecule has 0 aromatic carbocycles. The number of pyridine rings is 2. The third-order valence-electron chi connectivity index (χ3n) is 4.61. The molecule has 0 bridgehead atoms. The van der Waals surface area contributed by atoms with Gasteiger partial charge >= 0.3 is 6.03 Å². The number of carbonyl (C=O) groups excluding carboxylic acids is 1.